The first-order valence-corrected chi connectivity index (χ1v) is 6.53. The Morgan fingerprint density at radius 1 is 1.14 bits per heavy atom. The summed E-state index contributed by atoms with van der Waals surface area (Å²) in [5.41, 5.74) is 0.363. The van der Waals surface area contributed by atoms with E-state index in [-0.39, 0.29) is 11.8 Å². The highest BCUT2D eigenvalue weighted by molar-refractivity contribution is 5.54. The molecule has 2 aromatic rings. The van der Waals surface area contributed by atoms with E-state index in [0.29, 0.717) is 17.0 Å². The minimum Gasteiger partial charge on any atom is -0.441 e. The first kappa shape index (κ1) is 15.6. The van der Waals surface area contributed by atoms with Gasteiger partial charge in [0.1, 0.15) is 5.76 Å². The molecule has 1 aromatic heterocycles. The number of aromatic nitrogens is 1. The summed E-state index contributed by atoms with van der Waals surface area (Å²) in [6.45, 7) is 5.18. The number of alkyl halides is 3. The zero-order valence-electron chi connectivity index (χ0n) is 11.9. The second-order valence-corrected chi connectivity index (χ2v) is 5.06. The molecule has 0 saturated heterocycles. The Bertz CT molecular complexity index is 615. The van der Waals surface area contributed by atoms with E-state index in [2.05, 4.69) is 4.98 Å². The molecule has 114 valence electrons. The van der Waals surface area contributed by atoms with Crippen molar-refractivity contribution in [2.24, 2.45) is 0 Å². The molecule has 6 heteroatoms. The number of oxazole rings is 1. The van der Waals surface area contributed by atoms with Crippen LogP contribution in [0.15, 0.2) is 28.7 Å². The van der Waals surface area contributed by atoms with Crippen LogP contribution in [0.3, 0.4) is 0 Å². The molecule has 0 aliphatic heterocycles. The molecule has 0 aliphatic rings. The number of rotatable bonds is 3. The number of aliphatic hydroxyl groups excluding tert-OH is 1. The van der Waals surface area contributed by atoms with Gasteiger partial charge in [0.05, 0.1) is 17.4 Å². The monoisotopic (exact) mass is 299 g/mol. The zero-order valence-corrected chi connectivity index (χ0v) is 11.9. The number of nitrogens with zero attached hydrogens (tertiary/aromatic N) is 1. The summed E-state index contributed by atoms with van der Waals surface area (Å²) in [6.07, 6.45) is -4.95. The normalized spacial score (nSPS) is 15.0. The molecule has 3 nitrogen and oxygen atoms in total. The lowest BCUT2D eigenvalue weighted by atomic mass is 10.0. The Kier molecular flexibility index (Phi) is 4.09. The van der Waals surface area contributed by atoms with Crippen LogP contribution in [0.25, 0.3) is 11.5 Å². The van der Waals surface area contributed by atoms with E-state index in [9.17, 15) is 18.3 Å². The molecule has 0 spiro atoms. The maximum atomic E-state index is 12.5. The Hall–Kier alpha value is -1.82. The molecular formula is C15H16F3NO2. The summed E-state index contributed by atoms with van der Waals surface area (Å²) in [6, 6.07) is 4.63. The SMILES string of the molecule is Cc1oc(-c2ccc(C(F)(F)F)cc2)nc1C(C)C(C)O. The molecular weight excluding hydrogens is 283 g/mol. The lowest BCUT2D eigenvalue weighted by Crippen LogP contribution is -2.12. The number of aliphatic hydroxyl groups is 1. The molecule has 2 rings (SSSR count). The van der Waals surface area contributed by atoms with Gasteiger partial charge in [0, 0.05) is 11.5 Å². The van der Waals surface area contributed by atoms with Crippen LogP contribution >= 0.6 is 0 Å². The van der Waals surface area contributed by atoms with Crippen LogP contribution < -0.4 is 0 Å². The zero-order chi connectivity index (χ0) is 15.8. The van der Waals surface area contributed by atoms with Gasteiger partial charge in [-0.3, -0.25) is 0 Å². The van der Waals surface area contributed by atoms with Crippen LogP contribution in [-0.2, 0) is 6.18 Å². The van der Waals surface area contributed by atoms with Gasteiger partial charge in [-0.15, -0.1) is 0 Å². The van der Waals surface area contributed by atoms with Gasteiger partial charge >= 0.3 is 6.18 Å². The topological polar surface area (TPSA) is 46.3 Å². The van der Waals surface area contributed by atoms with Crippen LogP contribution in [0.2, 0.25) is 0 Å². The Balaban J connectivity index is 2.33. The van der Waals surface area contributed by atoms with E-state index in [1.165, 1.54) is 12.1 Å². The standard InChI is InChI=1S/C15H16F3NO2/c1-8(9(2)20)13-10(3)21-14(19-13)11-4-6-12(7-5-11)15(16,17)18/h4-9,20H,1-3H3. The average Bonchev–Trinajstić information content (AvgIpc) is 2.79. The maximum absolute atomic E-state index is 12.5. The van der Waals surface area contributed by atoms with Crippen LogP contribution in [0.5, 0.6) is 0 Å². The quantitative estimate of drug-likeness (QED) is 0.926. The van der Waals surface area contributed by atoms with E-state index in [1.807, 2.05) is 6.92 Å². The molecule has 2 unspecified atom stereocenters. The summed E-state index contributed by atoms with van der Waals surface area (Å²) in [7, 11) is 0. The molecule has 2 atom stereocenters. The van der Waals surface area contributed by atoms with Gasteiger partial charge in [-0.2, -0.15) is 13.2 Å². The fourth-order valence-corrected chi connectivity index (χ4v) is 1.98. The highest BCUT2D eigenvalue weighted by Gasteiger charge is 2.30. The second kappa shape index (κ2) is 5.52. The largest absolute Gasteiger partial charge is 0.441 e. The second-order valence-electron chi connectivity index (χ2n) is 5.06. The summed E-state index contributed by atoms with van der Waals surface area (Å²) in [4.78, 5) is 4.29. The van der Waals surface area contributed by atoms with Crippen molar-refractivity contribution in [2.75, 3.05) is 0 Å². The van der Waals surface area contributed by atoms with Gasteiger partial charge in [-0.05, 0) is 38.1 Å². The van der Waals surface area contributed by atoms with Crippen LogP contribution in [-0.4, -0.2) is 16.2 Å². The molecule has 0 fully saturated rings. The number of benzene rings is 1. The smallest absolute Gasteiger partial charge is 0.416 e. The predicted molar refractivity (Wildman–Crippen MR) is 71.8 cm³/mol. The first-order chi connectivity index (χ1) is 9.70. The van der Waals surface area contributed by atoms with Crippen molar-refractivity contribution in [1.82, 2.24) is 4.98 Å². The number of hydrogen-bond acceptors (Lipinski definition) is 3. The van der Waals surface area contributed by atoms with Crippen molar-refractivity contribution in [3.05, 3.63) is 41.3 Å². The molecule has 0 amide bonds. The molecule has 1 heterocycles. The van der Waals surface area contributed by atoms with Crippen LogP contribution in [0.1, 0.15) is 36.8 Å². The van der Waals surface area contributed by atoms with E-state index in [4.69, 9.17) is 4.42 Å². The highest BCUT2D eigenvalue weighted by atomic mass is 19.4. The molecule has 0 bridgehead atoms. The first-order valence-electron chi connectivity index (χ1n) is 6.53. The third-order valence-corrected chi connectivity index (χ3v) is 3.45. The minimum absolute atomic E-state index is 0.211. The van der Waals surface area contributed by atoms with Crippen molar-refractivity contribution in [1.29, 1.82) is 0 Å². The summed E-state index contributed by atoms with van der Waals surface area (Å²) in [5, 5.41) is 9.60. The van der Waals surface area contributed by atoms with Gasteiger partial charge in [0.15, 0.2) is 0 Å². The van der Waals surface area contributed by atoms with Crippen molar-refractivity contribution in [3.8, 4) is 11.5 Å². The van der Waals surface area contributed by atoms with E-state index in [0.717, 1.165) is 12.1 Å². The fraction of sp³-hybridized carbons (Fsp3) is 0.400. The van der Waals surface area contributed by atoms with E-state index in [1.54, 1.807) is 13.8 Å². The minimum atomic E-state index is -4.36. The Labute approximate surface area is 120 Å². The van der Waals surface area contributed by atoms with E-state index < -0.39 is 17.8 Å². The van der Waals surface area contributed by atoms with Crippen molar-refractivity contribution >= 4 is 0 Å². The summed E-state index contributed by atoms with van der Waals surface area (Å²) in [5.74, 6) is 0.596. The maximum Gasteiger partial charge on any atom is 0.416 e. The van der Waals surface area contributed by atoms with Crippen LogP contribution in [0.4, 0.5) is 13.2 Å². The van der Waals surface area contributed by atoms with Crippen molar-refractivity contribution < 1.29 is 22.7 Å². The van der Waals surface area contributed by atoms with Gasteiger partial charge in [0.2, 0.25) is 5.89 Å². The number of hydrogen-bond donors (Lipinski definition) is 1. The van der Waals surface area contributed by atoms with Gasteiger partial charge in [-0.25, -0.2) is 4.98 Å². The molecule has 1 aromatic carbocycles. The van der Waals surface area contributed by atoms with Gasteiger partial charge < -0.3 is 9.52 Å². The highest BCUT2D eigenvalue weighted by Crippen LogP contribution is 2.32. The molecule has 0 radical (unpaired) electrons. The molecule has 21 heavy (non-hydrogen) atoms. The third kappa shape index (κ3) is 3.26. The number of halogens is 3. The Morgan fingerprint density at radius 2 is 1.71 bits per heavy atom. The lowest BCUT2D eigenvalue weighted by Gasteiger charge is -2.11. The molecule has 1 N–H and O–H groups in total. The van der Waals surface area contributed by atoms with Gasteiger partial charge in [-0.1, -0.05) is 6.92 Å². The molecule has 0 saturated carbocycles. The average molecular weight is 299 g/mol. The van der Waals surface area contributed by atoms with Crippen LogP contribution in [0, 0.1) is 6.92 Å². The third-order valence-electron chi connectivity index (χ3n) is 3.45. The Morgan fingerprint density at radius 3 is 2.19 bits per heavy atom. The van der Waals surface area contributed by atoms with Gasteiger partial charge in [0.25, 0.3) is 0 Å². The fourth-order valence-electron chi connectivity index (χ4n) is 1.98. The summed E-state index contributed by atoms with van der Waals surface area (Å²) >= 11 is 0. The van der Waals surface area contributed by atoms with E-state index >= 15 is 0 Å². The van der Waals surface area contributed by atoms with Crippen molar-refractivity contribution in [3.63, 3.8) is 0 Å². The van der Waals surface area contributed by atoms with Crippen molar-refractivity contribution in [2.45, 2.75) is 39.0 Å². The lowest BCUT2D eigenvalue weighted by molar-refractivity contribution is -0.137. The summed E-state index contributed by atoms with van der Waals surface area (Å²) < 4.78 is 43.0. The molecule has 0 aliphatic carbocycles. The predicted octanol–water partition coefficient (Wildman–Crippen LogP) is 4.15. The number of aryl methyl sites for hydroxylation is 1.